The Hall–Kier alpha value is -1.91. The quantitative estimate of drug-likeness (QED) is 0.785. The lowest BCUT2D eigenvalue weighted by Gasteiger charge is -2.22. The number of fused-ring (bicyclic) bond motifs is 3. The molecule has 3 rings (SSSR count). The molecule has 19 heavy (non-hydrogen) atoms. The molecule has 1 aliphatic rings. The van der Waals surface area contributed by atoms with Crippen molar-refractivity contribution in [3.63, 3.8) is 0 Å². The highest BCUT2D eigenvalue weighted by atomic mass is 15.3. The summed E-state index contributed by atoms with van der Waals surface area (Å²) in [5, 5.41) is 4.55. The Morgan fingerprint density at radius 3 is 2.74 bits per heavy atom. The molecule has 0 unspecified atom stereocenters. The van der Waals surface area contributed by atoms with Crippen molar-refractivity contribution in [2.24, 2.45) is 0 Å². The van der Waals surface area contributed by atoms with Gasteiger partial charge in [-0.3, -0.25) is 4.68 Å². The summed E-state index contributed by atoms with van der Waals surface area (Å²) in [5.74, 6) is 0.329. The van der Waals surface area contributed by atoms with Crippen LogP contribution >= 0.6 is 0 Å². The lowest BCUT2D eigenvalue weighted by Crippen LogP contribution is -2.25. The Balaban J connectivity index is 2.22. The van der Waals surface area contributed by atoms with Crippen molar-refractivity contribution in [3.8, 4) is 11.3 Å². The van der Waals surface area contributed by atoms with E-state index in [0.717, 1.165) is 30.5 Å². The van der Waals surface area contributed by atoms with Crippen LogP contribution in [-0.4, -0.2) is 19.7 Å². The maximum absolute atomic E-state index is 5.73. The van der Waals surface area contributed by atoms with Gasteiger partial charge in [0.15, 0.2) is 0 Å². The minimum absolute atomic E-state index is 0.0172. The van der Waals surface area contributed by atoms with Crippen LogP contribution in [0.2, 0.25) is 0 Å². The third kappa shape index (κ3) is 1.99. The average Bonchev–Trinajstić information content (AvgIpc) is 2.67. The van der Waals surface area contributed by atoms with Crippen molar-refractivity contribution in [1.82, 2.24) is 19.7 Å². The van der Waals surface area contributed by atoms with E-state index in [4.69, 9.17) is 5.73 Å². The van der Waals surface area contributed by atoms with Gasteiger partial charge in [0.2, 0.25) is 5.95 Å². The number of aromatic nitrogens is 4. The van der Waals surface area contributed by atoms with Crippen molar-refractivity contribution in [2.75, 3.05) is 5.73 Å². The lowest BCUT2D eigenvalue weighted by molar-refractivity contribution is 0.343. The number of hydrogen-bond donors (Lipinski definition) is 1. The van der Waals surface area contributed by atoms with Crippen LogP contribution in [0.1, 0.15) is 38.4 Å². The Morgan fingerprint density at radius 2 is 2.00 bits per heavy atom. The number of nitrogen functional groups attached to an aromatic ring is 1. The van der Waals surface area contributed by atoms with Crippen LogP contribution in [0.3, 0.4) is 0 Å². The molecule has 0 aliphatic heterocycles. The number of nitrogens with two attached hydrogens (primary N) is 1. The minimum atomic E-state index is -0.0172. The molecule has 2 aromatic heterocycles. The van der Waals surface area contributed by atoms with E-state index in [0.29, 0.717) is 5.95 Å². The fourth-order valence-electron chi connectivity index (χ4n) is 2.67. The third-order valence-electron chi connectivity index (χ3n) is 3.50. The molecule has 0 amide bonds. The van der Waals surface area contributed by atoms with Crippen molar-refractivity contribution in [2.45, 2.75) is 45.6 Å². The molecule has 0 saturated heterocycles. The summed E-state index contributed by atoms with van der Waals surface area (Å²) in [6.07, 6.45) is 6.87. The van der Waals surface area contributed by atoms with Gasteiger partial charge in [-0.05, 0) is 45.6 Å². The van der Waals surface area contributed by atoms with Crippen molar-refractivity contribution in [1.29, 1.82) is 0 Å². The Bertz CT molecular complexity index is 621. The first-order valence-electron chi connectivity index (χ1n) is 6.66. The third-order valence-corrected chi connectivity index (χ3v) is 3.50. The molecule has 0 atom stereocenters. The van der Waals surface area contributed by atoms with E-state index in [1.165, 1.54) is 11.3 Å². The normalized spacial score (nSPS) is 14.7. The van der Waals surface area contributed by atoms with Gasteiger partial charge in [0.25, 0.3) is 0 Å². The molecule has 2 aromatic rings. The van der Waals surface area contributed by atoms with Gasteiger partial charge in [-0.2, -0.15) is 5.10 Å². The van der Waals surface area contributed by atoms with Crippen LogP contribution in [0.15, 0.2) is 12.4 Å². The molecule has 5 heteroatoms. The van der Waals surface area contributed by atoms with Gasteiger partial charge in [-0.15, -0.1) is 0 Å². The van der Waals surface area contributed by atoms with E-state index < -0.39 is 0 Å². The second-order valence-corrected chi connectivity index (χ2v) is 6.04. The van der Waals surface area contributed by atoms with Crippen LogP contribution < -0.4 is 5.73 Å². The summed E-state index contributed by atoms with van der Waals surface area (Å²) in [4.78, 5) is 8.53. The molecule has 1 aliphatic carbocycles. The topological polar surface area (TPSA) is 69.6 Å². The van der Waals surface area contributed by atoms with E-state index in [9.17, 15) is 0 Å². The maximum Gasteiger partial charge on any atom is 0.220 e. The smallest absolute Gasteiger partial charge is 0.220 e. The molecule has 0 saturated carbocycles. The SMILES string of the molecule is CC(C)(C)n1ncc2c1CCCc1cnc(N)nc1-2. The number of rotatable bonds is 0. The zero-order valence-corrected chi connectivity index (χ0v) is 11.6. The molecule has 0 aromatic carbocycles. The van der Waals surface area contributed by atoms with Gasteiger partial charge in [-0.25, -0.2) is 9.97 Å². The first-order chi connectivity index (χ1) is 8.97. The van der Waals surface area contributed by atoms with Gasteiger partial charge >= 0.3 is 0 Å². The van der Waals surface area contributed by atoms with Gasteiger partial charge in [0, 0.05) is 17.5 Å². The minimum Gasteiger partial charge on any atom is -0.368 e. The zero-order valence-electron chi connectivity index (χ0n) is 11.6. The van der Waals surface area contributed by atoms with Crippen LogP contribution in [0, 0.1) is 0 Å². The Labute approximate surface area is 112 Å². The molecule has 100 valence electrons. The molecule has 2 heterocycles. The number of aryl methyl sites for hydroxylation is 1. The summed E-state index contributed by atoms with van der Waals surface area (Å²) < 4.78 is 2.11. The Kier molecular flexibility index (Phi) is 2.59. The van der Waals surface area contributed by atoms with E-state index in [1.54, 1.807) is 0 Å². The molecule has 5 nitrogen and oxygen atoms in total. The maximum atomic E-state index is 5.73. The molecule has 2 N–H and O–H groups in total. The fourth-order valence-corrected chi connectivity index (χ4v) is 2.67. The fraction of sp³-hybridized carbons (Fsp3) is 0.500. The van der Waals surface area contributed by atoms with Gasteiger partial charge < -0.3 is 5.73 Å². The number of anilines is 1. The molecule has 0 spiro atoms. The largest absolute Gasteiger partial charge is 0.368 e. The van der Waals surface area contributed by atoms with Gasteiger partial charge in [-0.1, -0.05) is 0 Å². The van der Waals surface area contributed by atoms with Crippen LogP contribution in [-0.2, 0) is 18.4 Å². The predicted octanol–water partition coefficient (Wildman–Crippen LogP) is 2.17. The van der Waals surface area contributed by atoms with E-state index >= 15 is 0 Å². The standard InChI is InChI=1S/C14H19N5/c1-14(2,3)19-11-6-4-5-9-7-16-13(15)18-12(9)10(11)8-17-19/h7-8H,4-6H2,1-3H3,(H2,15,16,18). The predicted molar refractivity (Wildman–Crippen MR) is 74.7 cm³/mol. The molecule has 0 fully saturated rings. The number of nitrogens with zero attached hydrogens (tertiary/aromatic N) is 4. The van der Waals surface area contributed by atoms with Crippen LogP contribution in [0.25, 0.3) is 11.3 Å². The summed E-state index contributed by atoms with van der Waals surface area (Å²) in [6, 6.07) is 0. The Morgan fingerprint density at radius 1 is 1.21 bits per heavy atom. The van der Waals surface area contributed by atoms with E-state index in [-0.39, 0.29) is 5.54 Å². The lowest BCUT2D eigenvalue weighted by atomic mass is 10.1. The van der Waals surface area contributed by atoms with E-state index in [1.807, 2.05) is 12.4 Å². The van der Waals surface area contributed by atoms with Gasteiger partial charge in [0.1, 0.15) is 0 Å². The van der Waals surface area contributed by atoms with Crippen molar-refractivity contribution < 1.29 is 0 Å². The summed E-state index contributed by atoms with van der Waals surface area (Å²) in [7, 11) is 0. The molecule has 0 bridgehead atoms. The zero-order chi connectivity index (χ0) is 13.6. The summed E-state index contributed by atoms with van der Waals surface area (Å²) in [5.41, 5.74) is 10.2. The summed E-state index contributed by atoms with van der Waals surface area (Å²) >= 11 is 0. The molecule has 0 radical (unpaired) electrons. The first-order valence-corrected chi connectivity index (χ1v) is 6.66. The van der Waals surface area contributed by atoms with Crippen molar-refractivity contribution in [3.05, 3.63) is 23.7 Å². The van der Waals surface area contributed by atoms with Gasteiger partial charge in [0.05, 0.1) is 17.4 Å². The monoisotopic (exact) mass is 257 g/mol. The molecular formula is C14H19N5. The van der Waals surface area contributed by atoms with E-state index in [2.05, 4.69) is 40.5 Å². The second kappa shape index (κ2) is 4.05. The first kappa shape index (κ1) is 12.1. The van der Waals surface area contributed by atoms with Crippen LogP contribution in [0.4, 0.5) is 5.95 Å². The second-order valence-electron chi connectivity index (χ2n) is 6.04. The number of hydrogen-bond acceptors (Lipinski definition) is 4. The highest BCUT2D eigenvalue weighted by Gasteiger charge is 2.25. The van der Waals surface area contributed by atoms with Crippen LogP contribution in [0.5, 0.6) is 0 Å². The van der Waals surface area contributed by atoms with Crippen molar-refractivity contribution >= 4 is 5.95 Å². The molecular weight excluding hydrogens is 238 g/mol. The average molecular weight is 257 g/mol. The highest BCUT2D eigenvalue weighted by Crippen LogP contribution is 2.33. The summed E-state index contributed by atoms with van der Waals surface area (Å²) in [6.45, 7) is 6.50. The highest BCUT2D eigenvalue weighted by molar-refractivity contribution is 5.66.